The van der Waals surface area contributed by atoms with Gasteiger partial charge in [0.05, 0.1) is 44.2 Å². The van der Waals surface area contributed by atoms with Crippen LogP contribution in [0.2, 0.25) is 0 Å². The second kappa shape index (κ2) is 15.7. The minimum atomic E-state index is -4.41. The highest BCUT2D eigenvalue weighted by Gasteiger charge is 2.30. The molecule has 2 unspecified atom stereocenters. The second-order valence-electron chi connectivity index (χ2n) is 9.15. The Morgan fingerprint density at radius 3 is 1.39 bits per heavy atom. The van der Waals surface area contributed by atoms with Crippen LogP contribution in [-0.4, -0.2) is 8.42 Å². The molecule has 0 bridgehead atoms. The Hall–Kier alpha value is -3.90. The zero-order chi connectivity index (χ0) is 32.3. The second-order valence-corrected chi connectivity index (χ2v) is 11.8. The Bertz CT molecular complexity index is 1610. The molecule has 0 aliphatic carbocycles. The number of rotatable bonds is 8. The molecule has 0 aliphatic heterocycles. The lowest BCUT2D eigenvalue weighted by Crippen LogP contribution is -2.04. The molecular formula is C32H24F8O2S2. The number of hydrogen-bond donors (Lipinski definition) is 0. The molecular weight excluding hydrogens is 632 g/mol. The van der Waals surface area contributed by atoms with Gasteiger partial charge in [-0.05, 0) is 82.9 Å². The molecule has 4 aromatic carbocycles. The average molecular weight is 657 g/mol. The van der Waals surface area contributed by atoms with Gasteiger partial charge in [0.2, 0.25) is 0 Å². The van der Waals surface area contributed by atoms with Gasteiger partial charge in [0, 0.05) is 10.8 Å². The van der Waals surface area contributed by atoms with Crippen molar-refractivity contribution in [1.82, 2.24) is 0 Å². The summed E-state index contributed by atoms with van der Waals surface area (Å²) in [4.78, 5) is 0. The minimum absolute atomic E-state index is 0.176. The van der Waals surface area contributed by atoms with Crippen LogP contribution in [0.25, 0.3) is 12.2 Å². The van der Waals surface area contributed by atoms with E-state index in [9.17, 15) is 43.5 Å². The van der Waals surface area contributed by atoms with Crippen molar-refractivity contribution in [1.29, 1.82) is 0 Å². The molecule has 0 heterocycles. The van der Waals surface area contributed by atoms with E-state index in [1.54, 1.807) is 12.1 Å². The molecule has 0 saturated heterocycles. The van der Waals surface area contributed by atoms with E-state index in [0.29, 0.717) is 16.7 Å². The van der Waals surface area contributed by atoms with Crippen molar-refractivity contribution in [2.75, 3.05) is 0 Å². The number of alkyl halides is 6. The summed E-state index contributed by atoms with van der Waals surface area (Å²) in [6, 6.07) is 20.6. The van der Waals surface area contributed by atoms with Crippen LogP contribution in [0.1, 0.15) is 33.4 Å². The van der Waals surface area contributed by atoms with Gasteiger partial charge in [-0.15, -0.1) is 0 Å². The lowest BCUT2D eigenvalue weighted by Gasteiger charge is -2.06. The van der Waals surface area contributed by atoms with E-state index in [-0.39, 0.29) is 23.1 Å². The standard InChI is InChI=1S/2C16H12F4OS/c17-15-7-3-13(4-8-15)11-22(21)10-9-12-1-5-14(6-2-12)16(18,19)20;17-15-6-4-13(5-7-15)11-22(21)9-8-12-2-1-3-14(10-12)16(18,19)20/h2*1-10H,11H2/b10-9+;9-8+. The van der Waals surface area contributed by atoms with Crippen LogP contribution >= 0.6 is 0 Å². The fraction of sp³-hybridized carbons (Fsp3) is 0.125. The fourth-order valence-electron chi connectivity index (χ4n) is 3.50. The van der Waals surface area contributed by atoms with Crippen molar-refractivity contribution in [3.05, 3.63) is 153 Å². The summed E-state index contributed by atoms with van der Waals surface area (Å²) in [5.74, 6) is -0.350. The summed E-state index contributed by atoms with van der Waals surface area (Å²) < 4.78 is 124. The quantitative estimate of drug-likeness (QED) is 0.177. The maximum absolute atomic E-state index is 12.7. The van der Waals surface area contributed by atoms with E-state index in [4.69, 9.17) is 0 Å². The molecule has 0 aromatic heterocycles. The lowest BCUT2D eigenvalue weighted by molar-refractivity contribution is -0.138. The first-order valence-corrected chi connectivity index (χ1v) is 15.4. The Balaban J connectivity index is 0.000000240. The van der Waals surface area contributed by atoms with Crippen molar-refractivity contribution in [2.24, 2.45) is 0 Å². The smallest absolute Gasteiger partial charge is 0.255 e. The Morgan fingerprint density at radius 2 is 0.955 bits per heavy atom. The lowest BCUT2D eigenvalue weighted by atomic mass is 10.1. The Kier molecular flexibility index (Phi) is 12.4. The van der Waals surface area contributed by atoms with E-state index in [1.165, 1.54) is 83.6 Å². The first kappa shape index (κ1) is 34.6. The van der Waals surface area contributed by atoms with E-state index in [0.717, 1.165) is 29.8 Å². The minimum Gasteiger partial charge on any atom is -0.255 e. The molecule has 0 N–H and O–H groups in total. The molecule has 0 spiro atoms. The molecule has 232 valence electrons. The maximum Gasteiger partial charge on any atom is 0.416 e. The zero-order valence-electron chi connectivity index (χ0n) is 22.6. The van der Waals surface area contributed by atoms with Crippen LogP contribution in [0.3, 0.4) is 0 Å². The van der Waals surface area contributed by atoms with E-state index in [1.807, 2.05) is 0 Å². The molecule has 12 heteroatoms. The molecule has 44 heavy (non-hydrogen) atoms. The molecule has 0 fully saturated rings. The van der Waals surface area contributed by atoms with Gasteiger partial charge >= 0.3 is 12.4 Å². The number of hydrogen-bond acceptors (Lipinski definition) is 2. The van der Waals surface area contributed by atoms with Gasteiger partial charge in [-0.3, -0.25) is 8.42 Å². The summed E-state index contributed by atoms with van der Waals surface area (Å²) in [6.45, 7) is 0. The van der Waals surface area contributed by atoms with Gasteiger partial charge < -0.3 is 0 Å². The molecule has 0 amide bonds. The topological polar surface area (TPSA) is 34.1 Å². The molecule has 2 nitrogen and oxygen atoms in total. The van der Waals surface area contributed by atoms with E-state index < -0.39 is 45.1 Å². The van der Waals surface area contributed by atoms with E-state index in [2.05, 4.69) is 0 Å². The SMILES string of the molecule is O=S(/C=C/c1ccc(C(F)(F)F)cc1)Cc1ccc(F)cc1.O=S(/C=C/c1cccc(C(F)(F)F)c1)Cc1ccc(F)cc1. The van der Waals surface area contributed by atoms with Crippen LogP contribution in [0.15, 0.2) is 108 Å². The highest BCUT2D eigenvalue weighted by Crippen LogP contribution is 2.30. The zero-order valence-corrected chi connectivity index (χ0v) is 24.3. The van der Waals surface area contributed by atoms with Crippen LogP contribution in [0.5, 0.6) is 0 Å². The van der Waals surface area contributed by atoms with Gasteiger partial charge in [0.1, 0.15) is 11.6 Å². The molecule has 4 rings (SSSR count). The molecule has 0 radical (unpaired) electrons. The van der Waals surface area contributed by atoms with Crippen molar-refractivity contribution in [3.8, 4) is 0 Å². The predicted molar refractivity (Wildman–Crippen MR) is 157 cm³/mol. The van der Waals surface area contributed by atoms with Crippen LogP contribution in [-0.2, 0) is 45.5 Å². The van der Waals surface area contributed by atoms with Crippen molar-refractivity contribution >= 4 is 33.8 Å². The van der Waals surface area contributed by atoms with Crippen molar-refractivity contribution in [3.63, 3.8) is 0 Å². The van der Waals surface area contributed by atoms with Gasteiger partial charge in [0.25, 0.3) is 0 Å². The molecule has 4 aromatic rings. The van der Waals surface area contributed by atoms with Crippen LogP contribution in [0, 0.1) is 11.6 Å². The summed E-state index contributed by atoms with van der Waals surface area (Å²) in [5, 5.41) is 2.74. The van der Waals surface area contributed by atoms with Crippen molar-refractivity contribution in [2.45, 2.75) is 23.9 Å². The average Bonchev–Trinajstić information content (AvgIpc) is 2.97. The third-order valence-electron chi connectivity index (χ3n) is 5.72. The summed E-state index contributed by atoms with van der Waals surface area (Å²) in [6.07, 6.45) is -5.89. The summed E-state index contributed by atoms with van der Waals surface area (Å²) in [5.41, 5.74) is 0.781. The molecule has 0 aliphatic rings. The van der Waals surface area contributed by atoms with Gasteiger partial charge in [0.15, 0.2) is 0 Å². The third-order valence-corrected chi connectivity index (χ3v) is 7.84. The first-order valence-electron chi connectivity index (χ1n) is 12.6. The number of halogens is 8. The maximum atomic E-state index is 12.7. The first-order chi connectivity index (χ1) is 20.7. The molecule has 0 saturated carbocycles. The van der Waals surface area contributed by atoms with Gasteiger partial charge in [-0.25, -0.2) is 8.78 Å². The van der Waals surface area contributed by atoms with Gasteiger partial charge in [-0.1, -0.05) is 48.5 Å². The Morgan fingerprint density at radius 1 is 0.523 bits per heavy atom. The highest BCUT2D eigenvalue weighted by atomic mass is 32.2. The number of benzene rings is 4. The summed E-state index contributed by atoms with van der Waals surface area (Å²) >= 11 is 0. The predicted octanol–water partition coefficient (Wildman–Crippen LogP) is 9.53. The summed E-state index contributed by atoms with van der Waals surface area (Å²) in [7, 11) is -2.72. The molecule has 2 atom stereocenters. The third kappa shape index (κ3) is 12.0. The van der Waals surface area contributed by atoms with Gasteiger partial charge in [-0.2, -0.15) is 26.3 Å². The van der Waals surface area contributed by atoms with Crippen molar-refractivity contribution < 1.29 is 43.5 Å². The highest BCUT2D eigenvalue weighted by molar-refractivity contribution is 7.87. The van der Waals surface area contributed by atoms with Crippen LogP contribution in [0.4, 0.5) is 35.1 Å². The Labute approximate surface area is 253 Å². The van der Waals surface area contributed by atoms with E-state index >= 15 is 0 Å². The normalized spacial score (nSPS) is 13.5. The van der Waals surface area contributed by atoms with Crippen LogP contribution < -0.4 is 0 Å². The monoisotopic (exact) mass is 656 g/mol. The fourth-order valence-corrected chi connectivity index (χ4v) is 5.35. The largest absolute Gasteiger partial charge is 0.416 e.